The molecule has 0 bridgehead atoms. The SMILES string of the molecule is Cc1cccc(CN(C(=O)CN(c2ccc3c(c2)OCO3)S(C)(=O)=O)[C@H](Cc2ccccc2)C(=O)NC(C)C)c1. The molecular weight excluding hydrogens is 530 g/mol. The van der Waals surface area contributed by atoms with E-state index in [-0.39, 0.29) is 37.4 Å². The topological polar surface area (TPSA) is 105 Å². The van der Waals surface area contributed by atoms with Gasteiger partial charge >= 0.3 is 0 Å². The van der Waals surface area contributed by atoms with Crippen LogP contribution in [0, 0.1) is 6.92 Å². The lowest BCUT2D eigenvalue weighted by molar-refractivity contribution is -0.140. The van der Waals surface area contributed by atoms with Gasteiger partial charge in [0.1, 0.15) is 12.6 Å². The van der Waals surface area contributed by atoms with Gasteiger partial charge in [-0.25, -0.2) is 8.42 Å². The molecule has 212 valence electrons. The molecule has 1 heterocycles. The lowest BCUT2D eigenvalue weighted by atomic mass is 10.0. The third kappa shape index (κ3) is 7.32. The predicted octanol–water partition coefficient (Wildman–Crippen LogP) is 3.65. The summed E-state index contributed by atoms with van der Waals surface area (Å²) < 4.78 is 37.7. The standard InChI is InChI=1S/C30H35N3O6S/c1-21(2)31-30(35)26(16-23-10-6-5-7-11-23)32(18-24-12-8-9-22(3)15-24)29(34)19-33(40(4,36)37)25-13-14-27-28(17-25)39-20-38-27/h5-15,17,21,26H,16,18-20H2,1-4H3,(H,31,35)/t26-/m1/s1. The van der Waals surface area contributed by atoms with E-state index in [9.17, 15) is 18.0 Å². The summed E-state index contributed by atoms with van der Waals surface area (Å²) in [4.78, 5) is 29.2. The molecule has 1 atom stereocenters. The number of benzene rings is 3. The van der Waals surface area contributed by atoms with Crippen molar-refractivity contribution in [2.75, 3.05) is 23.9 Å². The van der Waals surface area contributed by atoms with Crippen LogP contribution in [0.5, 0.6) is 11.5 Å². The fourth-order valence-electron chi connectivity index (χ4n) is 4.60. The first kappa shape index (κ1) is 28.9. The van der Waals surface area contributed by atoms with Crippen molar-refractivity contribution in [1.82, 2.24) is 10.2 Å². The van der Waals surface area contributed by atoms with Gasteiger partial charge < -0.3 is 19.7 Å². The molecule has 9 nitrogen and oxygen atoms in total. The van der Waals surface area contributed by atoms with Crippen molar-refractivity contribution in [2.45, 2.75) is 45.8 Å². The molecule has 0 fully saturated rings. The Bertz CT molecular complexity index is 1460. The Labute approximate surface area is 235 Å². The molecule has 1 aliphatic heterocycles. The van der Waals surface area contributed by atoms with E-state index >= 15 is 0 Å². The summed E-state index contributed by atoms with van der Waals surface area (Å²) in [5.41, 5.74) is 2.98. The third-order valence-electron chi connectivity index (χ3n) is 6.46. The molecule has 2 amide bonds. The van der Waals surface area contributed by atoms with Crippen LogP contribution in [0.2, 0.25) is 0 Å². The van der Waals surface area contributed by atoms with Gasteiger partial charge in [-0.1, -0.05) is 60.2 Å². The van der Waals surface area contributed by atoms with Crippen molar-refractivity contribution in [1.29, 1.82) is 0 Å². The zero-order valence-corrected chi connectivity index (χ0v) is 24.0. The molecule has 3 aromatic rings. The second-order valence-electron chi connectivity index (χ2n) is 10.2. The minimum atomic E-state index is -3.88. The number of ether oxygens (including phenoxy) is 2. The van der Waals surface area contributed by atoms with Gasteiger partial charge in [-0.15, -0.1) is 0 Å². The van der Waals surface area contributed by atoms with Crippen LogP contribution in [0.1, 0.15) is 30.5 Å². The molecule has 0 saturated heterocycles. The van der Waals surface area contributed by atoms with Crippen LogP contribution in [0.25, 0.3) is 0 Å². The van der Waals surface area contributed by atoms with Crippen LogP contribution < -0.4 is 19.1 Å². The van der Waals surface area contributed by atoms with E-state index in [1.165, 1.54) is 11.0 Å². The van der Waals surface area contributed by atoms with E-state index in [2.05, 4.69) is 5.32 Å². The highest BCUT2D eigenvalue weighted by molar-refractivity contribution is 7.92. The minimum Gasteiger partial charge on any atom is -0.454 e. The van der Waals surface area contributed by atoms with Gasteiger partial charge in [0.05, 0.1) is 11.9 Å². The number of amides is 2. The number of fused-ring (bicyclic) bond motifs is 1. The number of carbonyl (C=O) groups excluding carboxylic acids is 2. The molecule has 1 aliphatic rings. The molecular formula is C30H35N3O6S. The Balaban J connectivity index is 1.73. The van der Waals surface area contributed by atoms with Crippen LogP contribution in [0.4, 0.5) is 5.69 Å². The minimum absolute atomic E-state index is 0.0347. The van der Waals surface area contributed by atoms with Crippen molar-refractivity contribution >= 4 is 27.5 Å². The van der Waals surface area contributed by atoms with Crippen LogP contribution in [0.3, 0.4) is 0 Å². The Morgan fingerprint density at radius 1 is 0.925 bits per heavy atom. The van der Waals surface area contributed by atoms with Gasteiger partial charge in [0.25, 0.3) is 0 Å². The maximum atomic E-state index is 14.1. The van der Waals surface area contributed by atoms with Crippen LogP contribution in [-0.2, 0) is 32.6 Å². The van der Waals surface area contributed by atoms with Crippen molar-refractivity contribution in [3.05, 3.63) is 89.5 Å². The average Bonchev–Trinajstić information content (AvgIpc) is 3.36. The van der Waals surface area contributed by atoms with Crippen LogP contribution in [-0.4, -0.2) is 56.8 Å². The molecule has 1 N–H and O–H groups in total. The lowest BCUT2D eigenvalue weighted by Gasteiger charge is -2.34. The second-order valence-corrected chi connectivity index (χ2v) is 12.1. The molecule has 4 rings (SSSR count). The molecule has 40 heavy (non-hydrogen) atoms. The first-order valence-corrected chi connectivity index (χ1v) is 14.9. The van der Waals surface area contributed by atoms with Gasteiger partial charge in [-0.05, 0) is 44.0 Å². The Kier molecular flexibility index (Phi) is 8.99. The summed E-state index contributed by atoms with van der Waals surface area (Å²) >= 11 is 0. The smallest absolute Gasteiger partial charge is 0.244 e. The summed E-state index contributed by atoms with van der Waals surface area (Å²) in [5, 5.41) is 2.94. The van der Waals surface area contributed by atoms with E-state index in [1.807, 2.05) is 75.4 Å². The van der Waals surface area contributed by atoms with Crippen LogP contribution >= 0.6 is 0 Å². The largest absolute Gasteiger partial charge is 0.454 e. The maximum absolute atomic E-state index is 14.1. The maximum Gasteiger partial charge on any atom is 0.244 e. The number of rotatable bonds is 11. The van der Waals surface area contributed by atoms with Crippen LogP contribution in [0.15, 0.2) is 72.8 Å². The zero-order valence-electron chi connectivity index (χ0n) is 23.2. The van der Waals surface area contributed by atoms with Gasteiger partial charge in [-0.3, -0.25) is 13.9 Å². The quantitative estimate of drug-likeness (QED) is 0.381. The van der Waals surface area contributed by atoms with Gasteiger partial charge in [-0.2, -0.15) is 0 Å². The zero-order chi connectivity index (χ0) is 28.9. The number of nitrogens with zero attached hydrogens (tertiary/aromatic N) is 2. The monoisotopic (exact) mass is 565 g/mol. The van der Waals surface area contributed by atoms with E-state index < -0.39 is 28.5 Å². The average molecular weight is 566 g/mol. The molecule has 0 unspecified atom stereocenters. The number of hydrogen-bond donors (Lipinski definition) is 1. The number of aryl methyl sites for hydroxylation is 1. The molecule has 10 heteroatoms. The molecule has 0 radical (unpaired) electrons. The Morgan fingerprint density at radius 3 is 2.30 bits per heavy atom. The number of nitrogens with one attached hydrogen (secondary N) is 1. The van der Waals surface area contributed by atoms with Gasteiger partial charge in [0.15, 0.2) is 11.5 Å². The van der Waals surface area contributed by atoms with Crippen molar-refractivity contribution in [3.63, 3.8) is 0 Å². The summed E-state index contributed by atoms with van der Waals surface area (Å²) in [6, 6.07) is 20.8. The number of anilines is 1. The Morgan fingerprint density at radius 2 is 1.62 bits per heavy atom. The first-order chi connectivity index (χ1) is 19.0. The van der Waals surface area contributed by atoms with E-state index in [4.69, 9.17) is 9.47 Å². The summed E-state index contributed by atoms with van der Waals surface area (Å²) in [7, 11) is -3.88. The highest BCUT2D eigenvalue weighted by atomic mass is 32.2. The normalized spacial score (nSPS) is 13.1. The van der Waals surface area contributed by atoms with E-state index in [1.54, 1.807) is 12.1 Å². The second kappa shape index (κ2) is 12.4. The van der Waals surface area contributed by atoms with E-state index in [0.717, 1.165) is 27.3 Å². The Hall–Kier alpha value is -4.05. The number of hydrogen-bond acceptors (Lipinski definition) is 6. The fourth-order valence-corrected chi connectivity index (χ4v) is 5.44. The molecule has 0 aromatic heterocycles. The van der Waals surface area contributed by atoms with Crippen molar-refractivity contribution < 1.29 is 27.5 Å². The fraction of sp³-hybridized carbons (Fsp3) is 0.333. The molecule has 0 saturated carbocycles. The van der Waals surface area contributed by atoms with E-state index in [0.29, 0.717) is 11.5 Å². The summed E-state index contributed by atoms with van der Waals surface area (Å²) in [5.74, 6) is 0.0737. The number of sulfonamides is 1. The molecule has 3 aromatic carbocycles. The predicted molar refractivity (Wildman–Crippen MR) is 154 cm³/mol. The molecule has 0 spiro atoms. The van der Waals surface area contributed by atoms with Gasteiger partial charge in [0, 0.05) is 25.1 Å². The summed E-state index contributed by atoms with van der Waals surface area (Å²) in [6.45, 7) is 5.33. The number of carbonyl (C=O) groups is 2. The first-order valence-electron chi connectivity index (χ1n) is 13.1. The van der Waals surface area contributed by atoms with Crippen molar-refractivity contribution in [2.24, 2.45) is 0 Å². The highest BCUT2D eigenvalue weighted by Crippen LogP contribution is 2.36. The third-order valence-corrected chi connectivity index (χ3v) is 7.60. The molecule has 0 aliphatic carbocycles. The lowest BCUT2D eigenvalue weighted by Crippen LogP contribution is -2.54. The van der Waals surface area contributed by atoms with Crippen molar-refractivity contribution in [3.8, 4) is 11.5 Å². The van der Waals surface area contributed by atoms with Gasteiger partial charge in [0.2, 0.25) is 28.6 Å². The summed E-state index contributed by atoms with van der Waals surface area (Å²) in [6.07, 6.45) is 1.31. The highest BCUT2D eigenvalue weighted by Gasteiger charge is 2.33.